The molecule has 0 aromatic heterocycles. The van der Waals surface area contributed by atoms with Crippen molar-refractivity contribution in [2.24, 2.45) is 5.84 Å². The molecule has 0 heterocycles. The first-order chi connectivity index (χ1) is 8.19. The molecule has 17 heavy (non-hydrogen) atoms. The van der Waals surface area contributed by atoms with Gasteiger partial charge in [0.2, 0.25) is 0 Å². The molecule has 0 radical (unpaired) electrons. The van der Waals surface area contributed by atoms with Crippen LogP contribution in [-0.2, 0) is 4.79 Å². The lowest BCUT2D eigenvalue weighted by molar-refractivity contribution is -0.122. The molecule has 1 aromatic carbocycles. The van der Waals surface area contributed by atoms with E-state index in [-0.39, 0.29) is 12.5 Å². The molecule has 0 aliphatic rings. The minimum absolute atomic E-state index is 0.136. The molecule has 6 heteroatoms. The van der Waals surface area contributed by atoms with Crippen molar-refractivity contribution in [3.05, 3.63) is 29.8 Å². The van der Waals surface area contributed by atoms with Gasteiger partial charge in [-0.05, 0) is 19.1 Å². The molecule has 0 atom stereocenters. The summed E-state index contributed by atoms with van der Waals surface area (Å²) in [7, 11) is 0. The van der Waals surface area contributed by atoms with E-state index in [0.29, 0.717) is 17.9 Å². The second kappa shape index (κ2) is 6.49. The van der Waals surface area contributed by atoms with Gasteiger partial charge in [-0.25, -0.2) is 5.84 Å². The fourth-order valence-electron chi connectivity index (χ4n) is 1.25. The number of nitrogens with two attached hydrogens (primary N) is 1. The second-order valence-electron chi connectivity index (χ2n) is 3.21. The molecular weight excluding hydrogens is 222 g/mol. The molecule has 0 spiro atoms. The van der Waals surface area contributed by atoms with Crippen LogP contribution < -0.4 is 21.3 Å². The number of hydrazine groups is 1. The van der Waals surface area contributed by atoms with E-state index in [2.05, 4.69) is 5.32 Å². The number of ether oxygens (including phenoxy) is 1. The van der Waals surface area contributed by atoms with Gasteiger partial charge in [0, 0.05) is 6.54 Å². The molecule has 1 aromatic rings. The van der Waals surface area contributed by atoms with Crippen LogP contribution in [0.15, 0.2) is 24.3 Å². The van der Waals surface area contributed by atoms with Crippen molar-refractivity contribution in [2.45, 2.75) is 6.92 Å². The predicted octanol–water partition coefficient (Wildman–Crippen LogP) is -0.195. The number of para-hydroxylation sites is 1. The largest absolute Gasteiger partial charge is 0.483 e. The highest BCUT2D eigenvalue weighted by molar-refractivity contribution is 5.96. The lowest BCUT2D eigenvalue weighted by Crippen LogP contribution is -2.31. The van der Waals surface area contributed by atoms with Gasteiger partial charge >= 0.3 is 0 Å². The molecule has 92 valence electrons. The zero-order valence-corrected chi connectivity index (χ0v) is 9.53. The maximum atomic E-state index is 11.4. The first kappa shape index (κ1) is 13.0. The lowest BCUT2D eigenvalue weighted by Gasteiger charge is -2.09. The lowest BCUT2D eigenvalue weighted by atomic mass is 10.2. The molecule has 0 aliphatic heterocycles. The van der Waals surface area contributed by atoms with Crippen molar-refractivity contribution in [2.75, 3.05) is 13.2 Å². The molecule has 0 saturated heterocycles. The average molecular weight is 237 g/mol. The summed E-state index contributed by atoms with van der Waals surface area (Å²) in [5.41, 5.74) is 2.31. The van der Waals surface area contributed by atoms with Crippen LogP contribution in [0.5, 0.6) is 5.75 Å². The molecule has 1 rings (SSSR count). The maximum Gasteiger partial charge on any atom is 0.268 e. The summed E-state index contributed by atoms with van der Waals surface area (Å²) in [6.45, 7) is 2.21. The van der Waals surface area contributed by atoms with E-state index in [9.17, 15) is 9.59 Å². The van der Waals surface area contributed by atoms with Crippen LogP contribution in [0.25, 0.3) is 0 Å². The quantitative estimate of drug-likeness (QED) is 0.376. The van der Waals surface area contributed by atoms with Crippen molar-refractivity contribution >= 4 is 11.8 Å². The first-order valence-electron chi connectivity index (χ1n) is 5.18. The van der Waals surface area contributed by atoms with Gasteiger partial charge < -0.3 is 10.1 Å². The van der Waals surface area contributed by atoms with Gasteiger partial charge in [-0.1, -0.05) is 12.1 Å². The summed E-state index contributed by atoms with van der Waals surface area (Å²) in [5.74, 6) is 4.66. The minimum Gasteiger partial charge on any atom is -0.483 e. The number of nitrogens with one attached hydrogen (secondary N) is 2. The van der Waals surface area contributed by atoms with E-state index in [1.54, 1.807) is 24.3 Å². The highest BCUT2D eigenvalue weighted by Gasteiger charge is 2.11. The summed E-state index contributed by atoms with van der Waals surface area (Å²) in [6, 6.07) is 6.56. The number of benzene rings is 1. The van der Waals surface area contributed by atoms with Crippen molar-refractivity contribution in [3.63, 3.8) is 0 Å². The van der Waals surface area contributed by atoms with Gasteiger partial charge in [0.25, 0.3) is 11.8 Å². The Morgan fingerprint density at radius 1 is 1.35 bits per heavy atom. The SMILES string of the molecule is CCNC(=O)COc1ccccc1C(=O)NN. The van der Waals surface area contributed by atoms with E-state index in [1.165, 1.54) is 0 Å². The fraction of sp³-hybridized carbons (Fsp3) is 0.273. The second-order valence-corrected chi connectivity index (χ2v) is 3.21. The van der Waals surface area contributed by atoms with Gasteiger partial charge in [-0.3, -0.25) is 15.0 Å². The average Bonchev–Trinajstić information content (AvgIpc) is 2.36. The number of carbonyl (C=O) groups is 2. The van der Waals surface area contributed by atoms with Crippen molar-refractivity contribution < 1.29 is 14.3 Å². The van der Waals surface area contributed by atoms with Gasteiger partial charge in [-0.2, -0.15) is 0 Å². The number of nitrogen functional groups attached to an aromatic ring is 1. The highest BCUT2D eigenvalue weighted by Crippen LogP contribution is 2.17. The normalized spacial score (nSPS) is 9.53. The molecule has 0 bridgehead atoms. The number of hydrogen-bond donors (Lipinski definition) is 3. The molecule has 6 nitrogen and oxygen atoms in total. The molecular formula is C11H15N3O3. The Kier molecular flexibility index (Phi) is 4.96. The summed E-state index contributed by atoms with van der Waals surface area (Å²) in [4.78, 5) is 22.6. The van der Waals surface area contributed by atoms with E-state index >= 15 is 0 Å². The number of carbonyl (C=O) groups excluding carboxylic acids is 2. The fourth-order valence-corrected chi connectivity index (χ4v) is 1.25. The van der Waals surface area contributed by atoms with Crippen LogP contribution in [0.1, 0.15) is 17.3 Å². The van der Waals surface area contributed by atoms with Crippen LogP contribution in [0.2, 0.25) is 0 Å². The van der Waals surface area contributed by atoms with Crippen LogP contribution in [0.4, 0.5) is 0 Å². The Hall–Kier alpha value is -2.08. The first-order valence-corrected chi connectivity index (χ1v) is 5.18. The van der Waals surface area contributed by atoms with Crippen molar-refractivity contribution in [3.8, 4) is 5.75 Å². The summed E-state index contributed by atoms with van der Waals surface area (Å²) in [5, 5.41) is 2.59. The number of rotatable bonds is 5. The summed E-state index contributed by atoms with van der Waals surface area (Å²) in [6.07, 6.45) is 0. The molecule has 0 unspecified atom stereocenters. The van der Waals surface area contributed by atoms with Crippen molar-refractivity contribution in [1.29, 1.82) is 0 Å². The third-order valence-corrected chi connectivity index (χ3v) is 2.00. The standard InChI is InChI=1S/C11H15N3O3/c1-2-13-10(15)7-17-9-6-4-3-5-8(9)11(16)14-12/h3-6H,2,7,12H2,1H3,(H,13,15)(H,14,16). The maximum absolute atomic E-state index is 11.4. The van der Waals surface area contributed by atoms with E-state index in [0.717, 1.165) is 0 Å². The Morgan fingerprint density at radius 2 is 2.06 bits per heavy atom. The van der Waals surface area contributed by atoms with Crippen LogP contribution in [0.3, 0.4) is 0 Å². The van der Waals surface area contributed by atoms with Crippen LogP contribution >= 0.6 is 0 Å². The Balaban J connectivity index is 2.70. The number of hydrogen-bond acceptors (Lipinski definition) is 4. The highest BCUT2D eigenvalue weighted by atomic mass is 16.5. The Morgan fingerprint density at radius 3 is 2.71 bits per heavy atom. The van der Waals surface area contributed by atoms with Gasteiger partial charge in [0.15, 0.2) is 6.61 Å². The third-order valence-electron chi connectivity index (χ3n) is 2.00. The van der Waals surface area contributed by atoms with E-state index in [4.69, 9.17) is 10.6 Å². The third kappa shape index (κ3) is 3.76. The van der Waals surface area contributed by atoms with Gasteiger partial charge in [0.1, 0.15) is 5.75 Å². The minimum atomic E-state index is -0.462. The van der Waals surface area contributed by atoms with Crippen LogP contribution in [-0.4, -0.2) is 25.0 Å². The Labute approximate surface area is 99.1 Å². The molecule has 2 amide bonds. The molecule has 0 saturated carbocycles. The molecule has 4 N–H and O–H groups in total. The number of likely N-dealkylation sites (N-methyl/N-ethyl adjacent to an activating group) is 1. The zero-order valence-electron chi connectivity index (χ0n) is 9.53. The summed E-state index contributed by atoms with van der Waals surface area (Å²) >= 11 is 0. The van der Waals surface area contributed by atoms with E-state index in [1.807, 2.05) is 12.3 Å². The molecule has 0 fully saturated rings. The smallest absolute Gasteiger partial charge is 0.268 e. The topological polar surface area (TPSA) is 93.4 Å². The zero-order chi connectivity index (χ0) is 12.7. The number of amides is 2. The van der Waals surface area contributed by atoms with Gasteiger partial charge in [-0.15, -0.1) is 0 Å². The van der Waals surface area contributed by atoms with E-state index < -0.39 is 5.91 Å². The van der Waals surface area contributed by atoms with Crippen LogP contribution in [0, 0.1) is 0 Å². The Bertz CT molecular complexity index is 407. The molecule has 0 aliphatic carbocycles. The van der Waals surface area contributed by atoms with Gasteiger partial charge in [0.05, 0.1) is 5.56 Å². The predicted molar refractivity (Wildman–Crippen MR) is 62.3 cm³/mol. The summed E-state index contributed by atoms with van der Waals surface area (Å²) < 4.78 is 5.25. The van der Waals surface area contributed by atoms with Crippen molar-refractivity contribution in [1.82, 2.24) is 10.7 Å². The monoisotopic (exact) mass is 237 g/mol.